The zero-order valence-electron chi connectivity index (χ0n) is 14.3. The molecule has 1 N–H and O–H groups in total. The Kier molecular flexibility index (Phi) is 5.81. The maximum Gasteiger partial charge on any atom is 0.137 e. The van der Waals surface area contributed by atoms with Crippen LogP contribution in [0.25, 0.3) is 0 Å². The van der Waals surface area contributed by atoms with Gasteiger partial charge in [0, 0.05) is 10.6 Å². The zero-order chi connectivity index (χ0) is 18.6. The second-order valence-electron chi connectivity index (χ2n) is 6.07. The Morgan fingerprint density at radius 2 is 1.85 bits per heavy atom. The quantitative estimate of drug-likeness (QED) is 0.610. The molecule has 0 aliphatic rings. The summed E-state index contributed by atoms with van der Waals surface area (Å²) in [5.41, 5.74) is -0.502. The lowest BCUT2D eigenvalue weighted by molar-refractivity contribution is 0.00561. The molecular weight excluding hydrogens is 373 g/mol. The Bertz CT molecular complexity index is 854. The summed E-state index contributed by atoms with van der Waals surface area (Å²) in [5, 5.41) is 16.4. The lowest BCUT2D eigenvalue weighted by Gasteiger charge is -2.29. The van der Waals surface area contributed by atoms with E-state index in [0.29, 0.717) is 33.5 Å². The first-order valence-electron chi connectivity index (χ1n) is 8.28. The van der Waals surface area contributed by atoms with E-state index in [9.17, 15) is 5.11 Å². The molecule has 0 unspecified atom stereocenters. The van der Waals surface area contributed by atoms with Gasteiger partial charge in [-0.2, -0.15) is 5.10 Å². The first-order valence-corrected chi connectivity index (χ1v) is 9.04. The number of aliphatic hydroxyl groups is 1. The van der Waals surface area contributed by atoms with Crippen molar-refractivity contribution in [1.29, 1.82) is 0 Å². The maximum absolute atomic E-state index is 11.2. The minimum absolute atomic E-state index is 0.276. The molecule has 5 nitrogen and oxygen atoms in total. The molecule has 0 amide bonds. The number of halogens is 2. The molecule has 0 aliphatic carbocycles. The lowest BCUT2D eigenvalue weighted by Crippen LogP contribution is -2.32. The molecule has 26 heavy (non-hydrogen) atoms. The summed E-state index contributed by atoms with van der Waals surface area (Å²) in [5.74, 6) is 1.24. The van der Waals surface area contributed by atoms with Gasteiger partial charge < -0.3 is 9.84 Å². The van der Waals surface area contributed by atoms with Crippen LogP contribution in [0.3, 0.4) is 0 Å². The first kappa shape index (κ1) is 18.7. The smallest absolute Gasteiger partial charge is 0.137 e. The van der Waals surface area contributed by atoms with E-state index >= 15 is 0 Å². The van der Waals surface area contributed by atoms with E-state index in [1.54, 1.807) is 53.5 Å². The average molecular weight is 392 g/mol. The number of ether oxygens (including phenoxy) is 1. The number of benzene rings is 2. The Morgan fingerprint density at radius 3 is 2.46 bits per heavy atom. The van der Waals surface area contributed by atoms with Crippen LogP contribution in [0.15, 0.2) is 55.1 Å². The Balaban J connectivity index is 1.85. The van der Waals surface area contributed by atoms with E-state index in [1.807, 2.05) is 6.92 Å². The van der Waals surface area contributed by atoms with Crippen molar-refractivity contribution < 1.29 is 9.84 Å². The summed E-state index contributed by atoms with van der Waals surface area (Å²) in [6, 6.07) is 12.4. The van der Waals surface area contributed by atoms with Crippen LogP contribution in [0.2, 0.25) is 10.0 Å². The third kappa shape index (κ3) is 4.36. The highest BCUT2D eigenvalue weighted by atomic mass is 35.5. The standard InChI is InChI=1S/C19H19Cl2N3O2/c1-2-9-19(25,11-24-13-22-12-23-24)17-8-7-16(10-18(17)21)26-15-5-3-14(20)4-6-15/h3-8,10,12-13,25H,2,9,11H2,1H3/t19-/m0/s1. The van der Waals surface area contributed by atoms with Crippen molar-refractivity contribution in [3.8, 4) is 11.5 Å². The molecule has 1 aromatic heterocycles. The number of nitrogens with zero attached hydrogens (tertiary/aromatic N) is 3. The van der Waals surface area contributed by atoms with Crippen LogP contribution < -0.4 is 4.74 Å². The molecule has 1 atom stereocenters. The van der Waals surface area contributed by atoms with Crippen LogP contribution in [0.4, 0.5) is 0 Å². The highest BCUT2D eigenvalue weighted by molar-refractivity contribution is 6.31. The molecule has 0 spiro atoms. The fraction of sp³-hybridized carbons (Fsp3) is 0.263. The van der Waals surface area contributed by atoms with Crippen molar-refractivity contribution in [2.24, 2.45) is 0 Å². The number of rotatable bonds is 7. The molecule has 0 fully saturated rings. The molecule has 0 bridgehead atoms. The van der Waals surface area contributed by atoms with Crippen LogP contribution >= 0.6 is 23.2 Å². The predicted octanol–water partition coefficient (Wildman–Crippen LogP) is 5.07. The second-order valence-corrected chi connectivity index (χ2v) is 6.92. The molecule has 0 saturated heterocycles. The van der Waals surface area contributed by atoms with Gasteiger partial charge in [-0.1, -0.05) is 42.6 Å². The molecule has 3 rings (SSSR count). The van der Waals surface area contributed by atoms with Crippen LogP contribution in [0, 0.1) is 0 Å². The van der Waals surface area contributed by atoms with Gasteiger partial charge in [-0.05, 0) is 42.8 Å². The van der Waals surface area contributed by atoms with Gasteiger partial charge in [0.2, 0.25) is 0 Å². The predicted molar refractivity (Wildman–Crippen MR) is 102 cm³/mol. The number of aromatic nitrogens is 3. The minimum Gasteiger partial charge on any atom is -0.457 e. The first-order chi connectivity index (χ1) is 12.5. The highest BCUT2D eigenvalue weighted by Crippen LogP contribution is 2.36. The SMILES string of the molecule is CCC[C@](O)(Cn1cncn1)c1ccc(Oc2ccc(Cl)cc2)cc1Cl. The van der Waals surface area contributed by atoms with Crippen molar-refractivity contribution in [1.82, 2.24) is 14.8 Å². The maximum atomic E-state index is 11.2. The summed E-state index contributed by atoms with van der Waals surface area (Å²) in [6.45, 7) is 2.29. The van der Waals surface area contributed by atoms with Gasteiger partial charge in [-0.25, -0.2) is 9.67 Å². The van der Waals surface area contributed by atoms with Crippen LogP contribution in [0.1, 0.15) is 25.3 Å². The molecule has 0 saturated carbocycles. The Hall–Kier alpha value is -2.08. The zero-order valence-corrected chi connectivity index (χ0v) is 15.8. The fourth-order valence-electron chi connectivity index (χ4n) is 2.87. The molecular formula is C19H19Cl2N3O2. The summed E-state index contributed by atoms with van der Waals surface area (Å²) in [7, 11) is 0. The third-order valence-electron chi connectivity index (χ3n) is 4.04. The topological polar surface area (TPSA) is 60.2 Å². The second kappa shape index (κ2) is 8.08. The van der Waals surface area contributed by atoms with Gasteiger partial charge >= 0.3 is 0 Å². The van der Waals surface area contributed by atoms with Gasteiger partial charge in [0.15, 0.2) is 0 Å². The van der Waals surface area contributed by atoms with E-state index in [-0.39, 0.29) is 6.54 Å². The summed E-state index contributed by atoms with van der Waals surface area (Å²) in [6.07, 6.45) is 4.36. The van der Waals surface area contributed by atoms with Crippen molar-refractivity contribution in [2.45, 2.75) is 31.9 Å². The summed E-state index contributed by atoms with van der Waals surface area (Å²) < 4.78 is 7.40. The van der Waals surface area contributed by atoms with Crippen LogP contribution in [-0.4, -0.2) is 19.9 Å². The molecule has 0 radical (unpaired) electrons. The summed E-state index contributed by atoms with van der Waals surface area (Å²) in [4.78, 5) is 3.93. The monoisotopic (exact) mass is 391 g/mol. The largest absolute Gasteiger partial charge is 0.457 e. The average Bonchev–Trinajstić information content (AvgIpc) is 3.10. The number of hydrogen-bond donors (Lipinski definition) is 1. The van der Waals surface area contributed by atoms with Crippen LogP contribution in [0.5, 0.6) is 11.5 Å². The van der Waals surface area contributed by atoms with E-state index in [2.05, 4.69) is 10.1 Å². The van der Waals surface area contributed by atoms with Crippen molar-refractivity contribution in [3.63, 3.8) is 0 Å². The lowest BCUT2D eigenvalue weighted by atomic mass is 9.89. The summed E-state index contributed by atoms with van der Waals surface area (Å²) >= 11 is 12.4. The van der Waals surface area contributed by atoms with E-state index in [4.69, 9.17) is 27.9 Å². The number of hydrogen-bond acceptors (Lipinski definition) is 4. The van der Waals surface area contributed by atoms with Gasteiger partial charge in [-0.15, -0.1) is 0 Å². The van der Waals surface area contributed by atoms with Gasteiger partial charge in [-0.3, -0.25) is 0 Å². The molecule has 2 aromatic carbocycles. The fourth-order valence-corrected chi connectivity index (χ4v) is 3.34. The van der Waals surface area contributed by atoms with Crippen molar-refractivity contribution >= 4 is 23.2 Å². The Labute approximate surface area is 162 Å². The van der Waals surface area contributed by atoms with Crippen molar-refractivity contribution in [2.75, 3.05) is 0 Å². The van der Waals surface area contributed by atoms with E-state index in [0.717, 1.165) is 6.42 Å². The van der Waals surface area contributed by atoms with Crippen molar-refractivity contribution in [3.05, 3.63) is 70.7 Å². The van der Waals surface area contributed by atoms with Gasteiger partial charge in [0.25, 0.3) is 0 Å². The van der Waals surface area contributed by atoms with E-state index in [1.165, 1.54) is 6.33 Å². The Morgan fingerprint density at radius 1 is 1.12 bits per heavy atom. The normalized spacial score (nSPS) is 13.4. The molecule has 136 valence electrons. The van der Waals surface area contributed by atoms with Gasteiger partial charge in [0.05, 0.1) is 11.6 Å². The molecule has 1 heterocycles. The minimum atomic E-state index is -1.14. The van der Waals surface area contributed by atoms with E-state index < -0.39 is 5.60 Å². The van der Waals surface area contributed by atoms with Gasteiger partial charge in [0.1, 0.15) is 29.8 Å². The molecule has 3 aromatic rings. The third-order valence-corrected chi connectivity index (χ3v) is 4.61. The molecule has 7 heteroatoms. The highest BCUT2D eigenvalue weighted by Gasteiger charge is 2.31. The molecule has 0 aliphatic heterocycles. The van der Waals surface area contributed by atoms with Crippen LogP contribution in [-0.2, 0) is 12.1 Å².